The van der Waals surface area contributed by atoms with Gasteiger partial charge in [0.25, 0.3) is 0 Å². The molecular weight excluding hydrogens is 360 g/mol. The quantitative estimate of drug-likeness (QED) is 0.323. The Morgan fingerprint density at radius 3 is 0.600 bits per heavy atom. The van der Waals surface area contributed by atoms with E-state index < -0.39 is 61.3 Å². The Hall–Kier alpha value is -3.65. The summed E-state index contributed by atoms with van der Waals surface area (Å²) in [7, 11) is 0. The fourth-order valence-corrected chi connectivity index (χ4v) is 2.19. The summed E-state index contributed by atoms with van der Waals surface area (Å²) >= 11 is 0. The molecule has 1 fully saturated rings. The van der Waals surface area contributed by atoms with Crippen molar-refractivity contribution in [2.75, 3.05) is 0 Å². The summed E-state index contributed by atoms with van der Waals surface area (Å²) < 4.78 is 21.3. The normalized spacial score (nSPS) is 27.6. The zero-order chi connectivity index (χ0) is 19.3. The monoisotopic (exact) mass is 370 g/mol. The maximum atomic E-state index is 10.7. The van der Waals surface area contributed by atoms with E-state index >= 15 is 0 Å². The number of carboxylic acid groups (broad SMARTS) is 5. The summed E-state index contributed by atoms with van der Waals surface area (Å²) in [6, 6.07) is 0. The lowest BCUT2D eigenvalue weighted by Crippen LogP contribution is -2.42. The van der Waals surface area contributed by atoms with Gasteiger partial charge < -0.3 is 49.2 Å². The maximum absolute atomic E-state index is 10.7. The van der Waals surface area contributed by atoms with E-state index in [1.165, 1.54) is 0 Å². The van der Waals surface area contributed by atoms with Crippen LogP contribution in [-0.2, 0) is 23.7 Å². The molecule has 0 spiro atoms. The molecule has 0 unspecified atom stereocenters. The lowest BCUT2D eigenvalue weighted by Gasteiger charge is -2.22. The molecule has 0 bridgehead atoms. The third-order valence-electron chi connectivity index (χ3n) is 2.80. The van der Waals surface area contributed by atoms with Crippen molar-refractivity contribution < 1.29 is 73.2 Å². The first-order valence-corrected chi connectivity index (χ1v) is 6.00. The number of rotatable bonds is 5. The van der Waals surface area contributed by atoms with Gasteiger partial charge >= 0.3 is 30.8 Å². The van der Waals surface area contributed by atoms with E-state index in [1.54, 1.807) is 0 Å². The maximum Gasteiger partial charge on any atom is 0.506 e. The number of ether oxygens (including phenoxy) is 5. The summed E-state index contributed by atoms with van der Waals surface area (Å²) in [5, 5.41) is 43.4. The molecule has 0 aliphatic heterocycles. The van der Waals surface area contributed by atoms with Gasteiger partial charge in [-0.05, 0) is 0 Å². The van der Waals surface area contributed by atoms with E-state index in [0.717, 1.165) is 0 Å². The highest BCUT2D eigenvalue weighted by Crippen LogP contribution is 2.34. The average Bonchev–Trinajstić information content (AvgIpc) is 2.63. The van der Waals surface area contributed by atoms with Crippen LogP contribution in [0.1, 0.15) is 0 Å². The first-order chi connectivity index (χ1) is 11.5. The van der Waals surface area contributed by atoms with E-state index in [2.05, 4.69) is 23.7 Å². The Bertz CT molecular complexity index is 443. The van der Waals surface area contributed by atoms with Gasteiger partial charge in [-0.2, -0.15) is 0 Å². The van der Waals surface area contributed by atoms with Crippen molar-refractivity contribution in [2.45, 2.75) is 30.5 Å². The van der Waals surface area contributed by atoms with Crippen LogP contribution in [0.25, 0.3) is 0 Å². The van der Waals surface area contributed by atoms with Crippen LogP contribution in [-0.4, -0.2) is 86.8 Å². The molecule has 0 radical (unpaired) electrons. The minimum absolute atomic E-state index is 2.05. The zero-order valence-electron chi connectivity index (χ0n) is 11.7. The number of hydrogen-bond donors (Lipinski definition) is 5. The van der Waals surface area contributed by atoms with Crippen molar-refractivity contribution in [3.63, 3.8) is 0 Å². The fraction of sp³-hybridized carbons (Fsp3) is 0.500. The van der Waals surface area contributed by atoms with Gasteiger partial charge in [-0.15, -0.1) is 0 Å². The average molecular weight is 370 g/mol. The molecule has 0 saturated heterocycles. The molecule has 1 aliphatic rings. The first kappa shape index (κ1) is 19.4. The summed E-state index contributed by atoms with van der Waals surface area (Å²) in [4.78, 5) is 53.7. The highest BCUT2D eigenvalue weighted by molar-refractivity contribution is 5.62. The molecular formula is C10H10O15. The molecule has 0 aromatic rings. The first-order valence-electron chi connectivity index (χ1n) is 6.00. The molecule has 5 N–H and O–H groups in total. The molecule has 0 aromatic heterocycles. The largest absolute Gasteiger partial charge is 0.506 e. The van der Waals surface area contributed by atoms with E-state index in [4.69, 9.17) is 25.5 Å². The van der Waals surface area contributed by atoms with Gasteiger partial charge in [0.1, 0.15) is 0 Å². The van der Waals surface area contributed by atoms with Crippen LogP contribution in [0, 0.1) is 0 Å². The number of hydrogen-bond acceptors (Lipinski definition) is 10. The van der Waals surface area contributed by atoms with Crippen molar-refractivity contribution in [1.29, 1.82) is 0 Å². The molecule has 1 saturated carbocycles. The predicted molar refractivity (Wildman–Crippen MR) is 64.5 cm³/mol. The minimum Gasteiger partial charge on any atom is -0.450 e. The van der Waals surface area contributed by atoms with E-state index in [9.17, 15) is 24.0 Å². The smallest absolute Gasteiger partial charge is 0.450 e. The summed E-state index contributed by atoms with van der Waals surface area (Å²) in [6.45, 7) is 0. The summed E-state index contributed by atoms with van der Waals surface area (Å²) in [6.07, 6.45) is -20.8. The van der Waals surface area contributed by atoms with Crippen LogP contribution in [0.2, 0.25) is 0 Å². The highest BCUT2D eigenvalue weighted by Gasteiger charge is 2.61. The molecule has 0 amide bonds. The zero-order valence-corrected chi connectivity index (χ0v) is 11.7. The van der Waals surface area contributed by atoms with Crippen molar-refractivity contribution in [3.05, 3.63) is 0 Å². The second-order valence-electron chi connectivity index (χ2n) is 4.24. The van der Waals surface area contributed by atoms with Crippen molar-refractivity contribution >= 4 is 30.8 Å². The van der Waals surface area contributed by atoms with Crippen LogP contribution >= 0.6 is 0 Å². The molecule has 1 aliphatic carbocycles. The lowest BCUT2D eigenvalue weighted by molar-refractivity contribution is -0.0865. The fourth-order valence-electron chi connectivity index (χ4n) is 2.19. The molecule has 15 heteroatoms. The van der Waals surface area contributed by atoms with Gasteiger partial charge in [0, 0.05) is 0 Å². The molecule has 15 nitrogen and oxygen atoms in total. The molecule has 140 valence electrons. The second-order valence-corrected chi connectivity index (χ2v) is 4.24. The van der Waals surface area contributed by atoms with Gasteiger partial charge in [0.2, 0.25) is 0 Å². The molecule has 0 aromatic carbocycles. The SMILES string of the molecule is O=C(O)OC1C(OC(=O)O)C(OC(=O)O)C(OC(=O)O)C1OC(=O)O. The van der Waals surface area contributed by atoms with Crippen molar-refractivity contribution in [3.8, 4) is 0 Å². The topological polar surface area (TPSA) is 233 Å². The third-order valence-corrected chi connectivity index (χ3v) is 2.80. The van der Waals surface area contributed by atoms with Crippen LogP contribution in [0.3, 0.4) is 0 Å². The van der Waals surface area contributed by atoms with Crippen LogP contribution in [0.4, 0.5) is 24.0 Å². The van der Waals surface area contributed by atoms with Crippen LogP contribution in [0.5, 0.6) is 0 Å². The van der Waals surface area contributed by atoms with Gasteiger partial charge in [-0.1, -0.05) is 0 Å². The van der Waals surface area contributed by atoms with Gasteiger partial charge in [-0.3, -0.25) is 0 Å². The Labute approximate surface area is 135 Å². The Balaban J connectivity index is 3.34. The van der Waals surface area contributed by atoms with E-state index in [0.29, 0.717) is 0 Å². The van der Waals surface area contributed by atoms with Crippen LogP contribution in [0.15, 0.2) is 0 Å². The Kier molecular flexibility index (Phi) is 6.02. The number of carbonyl (C=O) groups is 5. The van der Waals surface area contributed by atoms with E-state index in [1.807, 2.05) is 0 Å². The Morgan fingerprint density at radius 2 is 0.520 bits per heavy atom. The predicted octanol–water partition coefficient (Wildman–Crippen LogP) is 0.316. The molecule has 0 atom stereocenters. The summed E-state index contributed by atoms with van der Waals surface area (Å²) in [5.74, 6) is 0. The van der Waals surface area contributed by atoms with Crippen molar-refractivity contribution in [1.82, 2.24) is 0 Å². The standard InChI is InChI=1S/C10H10O15/c11-6(12)21-1-2(22-7(13)14)4(24-9(17)18)5(25-10(19)20)3(1)23-8(15)16/h1-5H,(H,11,12)(H,13,14)(H,15,16)(H,17,18)(H,19,20). The second kappa shape index (κ2) is 7.75. The minimum atomic E-state index is -2.11. The van der Waals surface area contributed by atoms with Gasteiger partial charge in [0.05, 0.1) is 0 Å². The molecule has 0 heterocycles. The van der Waals surface area contributed by atoms with Gasteiger partial charge in [-0.25, -0.2) is 24.0 Å². The van der Waals surface area contributed by atoms with E-state index in [-0.39, 0.29) is 0 Å². The third kappa shape index (κ3) is 5.19. The van der Waals surface area contributed by atoms with Gasteiger partial charge in [0.15, 0.2) is 30.5 Å². The van der Waals surface area contributed by atoms with Crippen LogP contribution < -0.4 is 0 Å². The van der Waals surface area contributed by atoms with Crippen molar-refractivity contribution in [2.24, 2.45) is 0 Å². The highest BCUT2D eigenvalue weighted by atomic mass is 16.8. The molecule has 1 rings (SSSR count). The molecule has 25 heavy (non-hydrogen) atoms. The lowest BCUT2D eigenvalue weighted by atomic mass is 10.2. The summed E-state index contributed by atoms with van der Waals surface area (Å²) in [5.41, 5.74) is 0. The Morgan fingerprint density at radius 1 is 0.400 bits per heavy atom.